The molecule has 1 aliphatic rings. The molecule has 1 saturated carbocycles. The molecule has 4 nitrogen and oxygen atoms in total. The van der Waals surface area contributed by atoms with Crippen molar-refractivity contribution < 1.29 is 24.2 Å². The van der Waals surface area contributed by atoms with Crippen LogP contribution in [0.5, 0.6) is 0 Å². The summed E-state index contributed by atoms with van der Waals surface area (Å²) in [5.74, 6) is 1.85. The Hall–Kier alpha value is -14.9. The van der Waals surface area contributed by atoms with Gasteiger partial charge in [0.15, 0.2) is 0 Å². The summed E-state index contributed by atoms with van der Waals surface area (Å²) in [4.78, 5) is 21.8. The molecule has 0 aliphatic heterocycles. The molecule has 1 aliphatic carbocycles. The first-order chi connectivity index (χ1) is 63.8. The molecule has 0 aromatic heterocycles. The maximum Gasteiger partial charge on any atom is 0.150 e. The number of hydrogen-bond donors (Lipinski definition) is 2. The summed E-state index contributed by atoms with van der Waals surface area (Å²) in [6.07, 6.45) is 8.65. The lowest BCUT2D eigenvalue weighted by atomic mass is 9.65. The number of rotatable bonds is 23. The van der Waals surface area contributed by atoms with E-state index < -0.39 is 0 Å². The second-order valence-corrected chi connectivity index (χ2v) is 32.4. The van der Waals surface area contributed by atoms with Gasteiger partial charge < -0.3 is 10.2 Å². The average Bonchev–Trinajstić information content (AvgIpc) is 0.734. The van der Waals surface area contributed by atoms with Gasteiger partial charge in [0.1, 0.15) is 18.4 Å². The van der Waals surface area contributed by atoms with Crippen LogP contribution in [0.1, 0.15) is 194 Å². The Morgan fingerprint density at radius 2 is 0.403 bits per heavy atom. The highest BCUT2D eigenvalue weighted by atomic mass is 19.1. The van der Waals surface area contributed by atoms with Gasteiger partial charge in [-0.05, 0) is 142 Å². The molecule has 0 bridgehead atoms. The van der Waals surface area contributed by atoms with E-state index in [2.05, 4.69) is 358 Å². The highest BCUT2D eigenvalue weighted by Crippen LogP contribution is 2.46. The van der Waals surface area contributed by atoms with E-state index in [1.54, 1.807) is 24.3 Å². The minimum Gasteiger partial charge on any atom is -0.392 e. The third-order valence-corrected chi connectivity index (χ3v) is 24.2. The van der Waals surface area contributed by atoms with Crippen LogP contribution in [0.25, 0.3) is 0 Å². The van der Waals surface area contributed by atoms with Crippen molar-refractivity contribution in [3.05, 3.63) is 644 Å². The van der Waals surface area contributed by atoms with Crippen molar-refractivity contribution in [3.8, 4) is 0 Å². The largest absolute Gasteiger partial charge is 0.392 e. The topological polar surface area (TPSA) is 74.6 Å². The van der Waals surface area contributed by atoms with Crippen LogP contribution in [0, 0.1) is 11.7 Å². The first-order valence-electron chi connectivity index (χ1n) is 44.7. The molecule has 19 rings (SSSR count). The van der Waals surface area contributed by atoms with E-state index >= 15 is 0 Å². The van der Waals surface area contributed by atoms with Crippen LogP contribution in [-0.4, -0.2) is 22.8 Å². The number of aliphatic hydroxyl groups is 2. The average molecular weight is 1680 g/mol. The molecular weight excluding hydrogens is 1570 g/mol. The lowest BCUT2D eigenvalue weighted by Gasteiger charge is -2.36. The Balaban J connectivity index is 0.000000125. The molecule has 129 heavy (non-hydrogen) atoms. The zero-order valence-electron chi connectivity index (χ0n) is 72.7. The van der Waals surface area contributed by atoms with E-state index in [1.807, 2.05) is 121 Å². The van der Waals surface area contributed by atoms with Gasteiger partial charge in [0, 0.05) is 40.7 Å². The van der Waals surface area contributed by atoms with E-state index in [4.69, 9.17) is 0 Å². The van der Waals surface area contributed by atoms with Crippen LogP contribution in [-0.2, 0) is 18.6 Å². The second kappa shape index (κ2) is 48.0. The Bertz CT molecular complexity index is 5760. The van der Waals surface area contributed by atoms with Crippen molar-refractivity contribution in [1.82, 2.24) is 0 Å². The Morgan fingerprint density at radius 3 is 0.605 bits per heavy atom. The third kappa shape index (κ3) is 24.4. The minimum atomic E-state index is -0.328. The van der Waals surface area contributed by atoms with Crippen molar-refractivity contribution in [2.75, 3.05) is 0 Å². The molecule has 0 spiro atoms. The SMILES string of the molecule is Fc1ccc(C(c2ccccc2)c2ccccc2)cc1.O=Cc1ccc(C(c2ccc(C=O)cc2)c2ccc(CO)cc2)cc1.OCc1ccc(C(c2ccccc2)c2ccccc2)cc1.c1ccc(C(c2ccccc2)(c2ccccc2)c2ccccc2)cc1.c1ccc(C(c2ccccc2)C2CCCCC2)cc1.c1ccc(C(c2ccccc2)c2ccccc2)cc1. The maximum atomic E-state index is 13.2. The Labute approximate surface area is 761 Å². The zero-order valence-corrected chi connectivity index (χ0v) is 72.7. The van der Waals surface area contributed by atoms with E-state index in [0.717, 1.165) is 51.9 Å². The van der Waals surface area contributed by atoms with Crippen LogP contribution in [0.15, 0.2) is 516 Å². The number of carbonyl (C=O) groups is 2. The van der Waals surface area contributed by atoms with Crippen molar-refractivity contribution >= 4 is 12.6 Å². The standard InChI is InChI=1S/C25H20.C22H18O3.C20H18O.C19H15F.C19H22.C19H16/c1-5-13-21(14-6-1)25(22-15-7-2-8-16-22,23-17-9-3-10-18-23)24-19-11-4-12-20-24;23-13-16-1-7-19(8-2-16)22(20-9-3-17(14-24)4-10-20)21-11-5-18(15-25)6-12-21;21-15-16-11-13-19(14-12-16)20(17-7-3-1-4-8-17)18-9-5-2-6-10-18;20-18-13-11-17(12-14-18)19(15-7-3-1-4-8-15)16-9-5-2-6-10-16;2*1-4-10-16(11-5-1)19(17-12-6-2-7-13-17)18-14-8-3-9-15-18/h1-20H;1-14,22,25H,15H2;1-14,20-21H,15H2;1-14,19H;1-2,4-7,10-13,18-19H,3,8-9,14-15H2;1-15,19H. The lowest BCUT2D eigenvalue weighted by molar-refractivity contribution is 0.111. The van der Waals surface area contributed by atoms with Gasteiger partial charge in [-0.2, -0.15) is 0 Å². The first kappa shape index (κ1) is 90.4. The molecule has 0 amide bonds. The van der Waals surface area contributed by atoms with Crippen molar-refractivity contribution in [3.63, 3.8) is 0 Å². The van der Waals surface area contributed by atoms with E-state index in [9.17, 15) is 24.2 Å². The molecule has 0 radical (unpaired) electrons. The monoisotopic (exact) mass is 1680 g/mol. The van der Waals surface area contributed by atoms with Crippen LogP contribution in [0.3, 0.4) is 0 Å². The van der Waals surface area contributed by atoms with Gasteiger partial charge in [-0.1, -0.05) is 523 Å². The fourth-order valence-corrected chi connectivity index (χ4v) is 17.9. The molecular formula is C124H109FO4. The van der Waals surface area contributed by atoms with Gasteiger partial charge in [-0.3, -0.25) is 9.59 Å². The van der Waals surface area contributed by atoms with E-state index in [0.29, 0.717) is 23.0 Å². The molecule has 18 aromatic rings. The first-order valence-corrected chi connectivity index (χ1v) is 44.7. The quantitative estimate of drug-likeness (QED) is 0.0494. The molecule has 0 saturated heterocycles. The van der Waals surface area contributed by atoms with E-state index in [-0.39, 0.29) is 42.2 Å². The molecule has 18 aromatic carbocycles. The molecule has 0 heterocycles. The summed E-state index contributed by atoms with van der Waals surface area (Å²) in [6.45, 7) is 0.0919. The molecule has 0 unspecified atom stereocenters. The summed E-state index contributed by atoms with van der Waals surface area (Å²) < 4.78 is 13.2. The van der Waals surface area contributed by atoms with Gasteiger partial charge in [-0.15, -0.1) is 0 Å². The number of benzene rings is 18. The number of aliphatic hydroxyl groups excluding tert-OH is 2. The fourth-order valence-electron chi connectivity index (χ4n) is 17.9. The Morgan fingerprint density at radius 1 is 0.225 bits per heavy atom. The highest BCUT2D eigenvalue weighted by Gasteiger charge is 2.38. The normalized spacial score (nSPS) is 11.7. The molecule has 1 fully saturated rings. The van der Waals surface area contributed by atoms with Gasteiger partial charge in [0.05, 0.1) is 18.6 Å². The van der Waals surface area contributed by atoms with Crippen LogP contribution < -0.4 is 0 Å². The molecule has 636 valence electrons. The smallest absolute Gasteiger partial charge is 0.150 e. The third-order valence-electron chi connectivity index (χ3n) is 24.2. The van der Waals surface area contributed by atoms with Crippen LogP contribution in [0.4, 0.5) is 4.39 Å². The summed E-state index contributed by atoms with van der Waals surface area (Å²) in [5, 5.41) is 18.5. The predicted octanol–water partition coefficient (Wildman–Crippen LogP) is 29.7. The summed E-state index contributed by atoms with van der Waals surface area (Å²) >= 11 is 0. The van der Waals surface area contributed by atoms with Crippen LogP contribution >= 0.6 is 0 Å². The van der Waals surface area contributed by atoms with Crippen LogP contribution in [0.2, 0.25) is 0 Å². The van der Waals surface area contributed by atoms with Gasteiger partial charge in [-0.25, -0.2) is 4.39 Å². The fraction of sp³-hybridized carbons (Fsp3) is 0.113. The van der Waals surface area contributed by atoms with E-state index in [1.165, 1.54) is 122 Å². The number of carbonyl (C=O) groups excluding carboxylic acids is 2. The lowest BCUT2D eigenvalue weighted by Crippen LogP contribution is -2.30. The highest BCUT2D eigenvalue weighted by molar-refractivity contribution is 5.76. The molecule has 5 heteroatoms. The number of hydrogen-bond acceptors (Lipinski definition) is 4. The van der Waals surface area contributed by atoms with Crippen molar-refractivity contribution in [2.45, 2.75) is 80.3 Å². The number of halogens is 1. The Kier molecular flexibility index (Phi) is 33.7. The number of aldehydes is 2. The van der Waals surface area contributed by atoms with Crippen molar-refractivity contribution in [2.24, 2.45) is 5.92 Å². The molecule has 2 N–H and O–H groups in total. The summed E-state index contributed by atoms with van der Waals surface area (Å²) in [5.41, 5.74) is 25.3. The zero-order chi connectivity index (χ0) is 88.7. The van der Waals surface area contributed by atoms with Gasteiger partial charge in [0.25, 0.3) is 0 Å². The maximum absolute atomic E-state index is 13.2. The minimum absolute atomic E-state index is 0.00695. The predicted molar refractivity (Wildman–Crippen MR) is 530 cm³/mol. The van der Waals surface area contributed by atoms with Gasteiger partial charge >= 0.3 is 0 Å². The second-order valence-electron chi connectivity index (χ2n) is 32.4. The van der Waals surface area contributed by atoms with Crippen molar-refractivity contribution in [1.29, 1.82) is 0 Å². The van der Waals surface area contributed by atoms with Gasteiger partial charge in [0.2, 0.25) is 0 Å². The summed E-state index contributed by atoms with van der Waals surface area (Å²) in [7, 11) is 0. The molecule has 0 atom stereocenters. The summed E-state index contributed by atoms with van der Waals surface area (Å²) in [6, 6.07) is 177.